The number of halogens is 2. The van der Waals surface area contributed by atoms with E-state index in [0.717, 1.165) is 30.8 Å². The summed E-state index contributed by atoms with van der Waals surface area (Å²) in [5, 5.41) is 12.4. The highest BCUT2D eigenvalue weighted by Gasteiger charge is 2.11. The average Bonchev–Trinajstić information content (AvgIpc) is 3.10. The molecule has 5 heteroatoms. The standard InChI is InChI=1S/C20H23N3.2ClH/c21-13-19-4-3-5-20(12-19)15-22-14-17-6-8-18(9-7-17)16-23-10-1-2-11-23;;/h3-9,12,22H,1-2,10-11,14-16H2;2*1H. The Morgan fingerprint density at radius 1 is 0.880 bits per heavy atom. The molecule has 1 N–H and O–H groups in total. The van der Waals surface area contributed by atoms with E-state index in [0.29, 0.717) is 0 Å². The Morgan fingerprint density at radius 3 is 2.20 bits per heavy atom. The van der Waals surface area contributed by atoms with E-state index in [1.165, 1.54) is 37.1 Å². The average molecular weight is 378 g/mol. The highest BCUT2D eigenvalue weighted by atomic mass is 35.5. The monoisotopic (exact) mass is 377 g/mol. The molecule has 1 aliphatic heterocycles. The Labute approximate surface area is 162 Å². The summed E-state index contributed by atoms with van der Waals surface area (Å²) in [6.45, 7) is 5.19. The minimum absolute atomic E-state index is 0. The van der Waals surface area contributed by atoms with Crippen molar-refractivity contribution in [2.75, 3.05) is 13.1 Å². The summed E-state index contributed by atoms with van der Waals surface area (Å²) >= 11 is 0. The lowest BCUT2D eigenvalue weighted by atomic mass is 10.1. The topological polar surface area (TPSA) is 39.1 Å². The zero-order valence-electron chi connectivity index (χ0n) is 14.3. The van der Waals surface area contributed by atoms with Gasteiger partial charge in [0.25, 0.3) is 0 Å². The van der Waals surface area contributed by atoms with Gasteiger partial charge in [0.05, 0.1) is 11.6 Å². The molecule has 0 amide bonds. The van der Waals surface area contributed by atoms with E-state index in [9.17, 15) is 0 Å². The van der Waals surface area contributed by atoms with E-state index >= 15 is 0 Å². The second-order valence-corrected chi connectivity index (χ2v) is 6.22. The van der Waals surface area contributed by atoms with Crippen LogP contribution in [0, 0.1) is 11.3 Å². The van der Waals surface area contributed by atoms with Crippen LogP contribution in [-0.2, 0) is 19.6 Å². The molecule has 0 spiro atoms. The molecule has 3 rings (SSSR count). The van der Waals surface area contributed by atoms with Crippen molar-refractivity contribution in [3.8, 4) is 6.07 Å². The maximum atomic E-state index is 8.92. The molecule has 0 saturated carbocycles. The van der Waals surface area contributed by atoms with Gasteiger partial charge in [-0.1, -0.05) is 36.4 Å². The second kappa shape index (κ2) is 11.1. The van der Waals surface area contributed by atoms with Crippen LogP contribution in [0.4, 0.5) is 0 Å². The number of hydrogen-bond acceptors (Lipinski definition) is 3. The van der Waals surface area contributed by atoms with Gasteiger partial charge in [-0.15, -0.1) is 24.8 Å². The quantitative estimate of drug-likeness (QED) is 0.815. The third-order valence-corrected chi connectivity index (χ3v) is 4.34. The van der Waals surface area contributed by atoms with Gasteiger partial charge in [-0.05, 0) is 54.8 Å². The first kappa shape index (κ1) is 21.5. The van der Waals surface area contributed by atoms with Crippen molar-refractivity contribution in [3.05, 3.63) is 70.8 Å². The van der Waals surface area contributed by atoms with Crippen LogP contribution in [-0.4, -0.2) is 18.0 Å². The first-order chi connectivity index (χ1) is 11.3. The predicted molar refractivity (Wildman–Crippen MR) is 107 cm³/mol. The van der Waals surface area contributed by atoms with E-state index < -0.39 is 0 Å². The molecule has 3 nitrogen and oxygen atoms in total. The summed E-state index contributed by atoms with van der Waals surface area (Å²) in [5.74, 6) is 0. The number of rotatable bonds is 6. The molecule has 0 radical (unpaired) electrons. The van der Waals surface area contributed by atoms with Crippen LogP contribution in [0.5, 0.6) is 0 Å². The van der Waals surface area contributed by atoms with Gasteiger partial charge in [-0.2, -0.15) is 5.26 Å². The maximum absolute atomic E-state index is 8.92. The smallest absolute Gasteiger partial charge is 0.0991 e. The van der Waals surface area contributed by atoms with Crippen molar-refractivity contribution >= 4 is 24.8 Å². The fraction of sp³-hybridized carbons (Fsp3) is 0.350. The molecule has 1 saturated heterocycles. The summed E-state index contributed by atoms with van der Waals surface area (Å²) in [6, 6.07) is 18.8. The van der Waals surface area contributed by atoms with Crippen LogP contribution >= 0.6 is 24.8 Å². The molecule has 25 heavy (non-hydrogen) atoms. The molecular weight excluding hydrogens is 353 g/mol. The zero-order valence-corrected chi connectivity index (χ0v) is 15.9. The fourth-order valence-electron chi connectivity index (χ4n) is 3.06. The number of nitrogens with zero attached hydrogens (tertiary/aromatic N) is 2. The van der Waals surface area contributed by atoms with E-state index in [-0.39, 0.29) is 24.8 Å². The van der Waals surface area contributed by atoms with E-state index in [1.807, 2.05) is 24.3 Å². The molecule has 0 atom stereocenters. The summed E-state index contributed by atoms with van der Waals surface area (Å²) < 4.78 is 0. The summed E-state index contributed by atoms with van der Waals surface area (Å²) in [6.07, 6.45) is 2.68. The highest BCUT2D eigenvalue weighted by Crippen LogP contribution is 2.13. The Kier molecular flexibility index (Phi) is 9.55. The fourth-order valence-corrected chi connectivity index (χ4v) is 3.06. The lowest BCUT2D eigenvalue weighted by Crippen LogP contribution is -2.18. The summed E-state index contributed by atoms with van der Waals surface area (Å²) in [5.41, 5.74) is 4.56. The highest BCUT2D eigenvalue weighted by molar-refractivity contribution is 5.85. The Hall–Kier alpha value is -1.57. The molecule has 1 fully saturated rings. The molecule has 0 aromatic heterocycles. The van der Waals surface area contributed by atoms with Gasteiger partial charge >= 0.3 is 0 Å². The SMILES string of the molecule is Cl.Cl.N#Cc1cccc(CNCc2ccc(CN3CCCC3)cc2)c1. The van der Waals surface area contributed by atoms with Crippen LogP contribution in [0.2, 0.25) is 0 Å². The zero-order chi connectivity index (χ0) is 15.9. The minimum atomic E-state index is 0. The van der Waals surface area contributed by atoms with E-state index in [2.05, 4.69) is 40.6 Å². The maximum Gasteiger partial charge on any atom is 0.0991 e. The minimum Gasteiger partial charge on any atom is -0.309 e. The van der Waals surface area contributed by atoms with Gasteiger partial charge in [-0.25, -0.2) is 0 Å². The molecule has 2 aromatic carbocycles. The number of nitriles is 1. The normalized spacial score (nSPS) is 13.6. The molecule has 0 bridgehead atoms. The van der Waals surface area contributed by atoms with Crippen molar-refractivity contribution in [2.24, 2.45) is 0 Å². The number of benzene rings is 2. The van der Waals surface area contributed by atoms with Gasteiger partial charge in [0.1, 0.15) is 0 Å². The van der Waals surface area contributed by atoms with Gasteiger partial charge in [-0.3, -0.25) is 4.90 Å². The van der Waals surface area contributed by atoms with Crippen LogP contribution < -0.4 is 5.32 Å². The predicted octanol–water partition coefficient (Wildman–Crippen LogP) is 4.29. The number of likely N-dealkylation sites (tertiary alicyclic amines) is 1. The molecule has 0 unspecified atom stereocenters. The van der Waals surface area contributed by atoms with Crippen LogP contribution in [0.15, 0.2) is 48.5 Å². The largest absolute Gasteiger partial charge is 0.309 e. The van der Waals surface area contributed by atoms with Crippen LogP contribution in [0.25, 0.3) is 0 Å². The summed E-state index contributed by atoms with van der Waals surface area (Å²) in [7, 11) is 0. The lowest BCUT2D eigenvalue weighted by molar-refractivity contribution is 0.331. The van der Waals surface area contributed by atoms with Crippen molar-refractivity contribution in [2.45, 2.75) is 32.5 Å². The van der Waals surface area contributed by atoms with Crippen molar-refractivity contribution in [1.82, 2.24) is 10.2 Å². The van der Waals surface area contributed by atoms with Gasteiger partial charge in [0.2, 0.25) is 0 Å². The van der Waals surface area contributed by atoms with Crippen molar-refractivity contribution < 1.29 is 0 Å². The molecule has 1 heterocycles. The molecule has 0 aliphatic carbocycles. The van der Waals surface area contributed by atoms with Crippen molar-refractivity contribution in [3.63, 3.8) is 0 Å². The van der Waals surface area contributed by atoms with Gasteiger partial charge in [0.15, 0.2) is 0 Å². The lowest BCUT2D eigenvalue weighted by Gasteiger charge is -2.14. The Bertz CT molecular complexity index is 674. The second-order valence-electron chi connectivity index (χ2n) is 6.22. The first-order valence-electron chi connectivity index (χ1n) is 8.33. The van der Waals surface area contributed by atoms with Crippen molar-refractivity contribution in [1.29, 1.82) is 5.26 Å². The third-order valence-electron chi connectivity index (χ3n) is 4.34. The molecule has 1 aliphatic rings. The Morgan fingerprint density at radius 2 is 1.52 bits per heavy atom. The van der Waals surface area contributed by atoms with Crippen LogP contribution in [0.1, 0.15) is 35.1 Å². The molecule has 134 valence electrons. The number of hydrogen-bond donors (Lipinski definition) is 1. The molecular formula is C20H25Cl2N3. The summed E-state index contributed by atoms with van der Waals surface area (Å²) in [4.78, 5) is 2.52. The van der Waals surface area contributed by atoms with Crippen LogP contribution in [0.3, 0.4) is 0 Å². The van der Waals surface area contributed by atoms with Gasteiger partial charge in [0, 0.05) is 19.6 Å². The van der Waals surface area contributed by atoms with E-state index in [1.54, 1.807) is 0 Å². The first-order valence-corrected chi connectivity index (χ1v) is 8.33. The van der Waals surface area contributed by atoms with E-state index in [4.69, 9.17) is 5.26 Å². The molecule has 2 aromatic rings. The third kappa shape index (κ3) is 6.68. The number of nitrogens with one attached hydrogen (secondary N) is 1. The van der Waals surface area contributed by atoms with Gasteiger partial charge < -0.3 is 5.32 Å². The Balaban J connectivity index is 0.00000156.